The molecule has 0 saturated heterocycles. The zero-order valence-electron chi connectivity index (χ0n) is 16.2. The minimum atomic E-state index is -0.395. The van der Waals surface area contributed by atoms with E-state index in [0.717, 1.165) is 4.47 Å². The van der Waals surface area contributed by atoms with Crippen molar-refractivity contribution in [3.63, 3.8) is 0 Å². The number of anilines is 1. The Labute approximate surface area is 211 Å². The molecule has 3 aromatic carbocycles. The van der Waals surface area contributed by atoms with Crippen LogP contribution in [0.15, 0.2) is 74.7 Å². The van der Waals surface area contributed by atoms with Crippen LogP contribution >= 0.6 is 55.1 Å². The van der Waals surface area contributed by atoms with Gasteiger partial charge in [-0.15, -0.1) is 0 Å². The Morgan fingerprint density at radius 2 is 1.75 bits per heavy atom. The van der Waals surface area contributed by atoms with Gasteiger partial charge in [0.1, 0.15) is 5.75 Å². The van der Waals surface area contributed by atoms with Crippen molar-refractivity contribution in [1.82, 2.24) is 5.43 Å². The van der Waals surface area contributed by atoms with Gasteiger partial charge in [0.25, 0.3) is 11.8 Å². The molecule has 6 nitrogen and oxygen atoms in total. The van der Waals surface area contributed by atoms with Crippen LogP contribution in [0.4, 0.5) is 5.69 Å². The standard InChI is InChI=1S/C22H15Br2Cl2N3O3/c23-15-9-14(11-27-29-22(31)13-5-7-16(25)8-6-13)21(17(24)10-15)32-12-20(30)28-19-4-2-1-3-18(19)26/h1-11H,12H2,(H,28,30)(H,29,31)/b27-11+. The van der Waals surface area contributed by atoms with Crippen molar-refractivity contribution in [2.75, 3.05) is 11.9 Å². The number of hydrogen-bond donors (Lipinski definition) is 2. The number of rotatable bonds is 7. The second-order valence-corrected chi connectivity index (χ2v) is 8.94. The summed E-state index contributed by atoms with van der Waals surface area (Å²) in [6.07, 6.45) is 1.42. The number of carbonyl (C=O) groups excluding carboxylic acids is 2. The highest BCUT2D eigenvalue weighted by Crippen LogP contribution is 2.32. The van der Waals surface area contributed by atoms with Crippen LogP contribution in [-0.2, 0) is 4.79 Å². The summed E-state index contributed by atoms with van der Waals surface area (Å²) >= 11 is 18.7. The third-order valence-corrected chi connectivity index (χ3v) is 5.64. The number of para-hydroxylation sites is 1. The molecule has 164 valence electrons. The molecule has 0 atom stereocenters. The Morgan fingerprint density at radius 1 is 1.03 bits per heavy atom. The largest absolute Gasteiger partial charge is 0.482 e. The van der Waals surface area contributed by atoms with Gasteiger partial charge < -0.3 is 10.1 Å². The number of carbonyl (C=O) groups is 2. The van der Waals surface area contributed by atoms with E-state index in [-0.39, 0.29) is 12.5 Å². The van der Waals surface area contributed by atoms with Gasteiger partial charge in [0.15, 0.2) is 6.61 Å². The molecule has 3 rings (SSSR count). The zero-order valence-corrected chi connectivity index (χ0v) is 20.9. The first-order valence-corrected chi connectivity index (χ1v) is 11.4. The van der Waals surface area contributed by atoms with Crippen LogP contribution < -0.4 is 15.5 Å². The third kappa shape index (κ3) is 6.80. The molecule has 0 bridgehead atoms. The number of ether oxygens (including phenoxy) is 1. The van der Waals surface area contributed by atoms with Gasteiger partial charge >= 0.3 is 0 Å². The molecule has 0 heterocycles. The number of hydrazone groups is 1. The summed E-state index contributed by atoms with van der Waals surface area (Å²) in [5, 5.41) is 7.64. The fourth-order valence-electron chi connectivity index (χ4n) is 2.54. The molecule has 3 aromatic rings. The van der Waals surface area contributed by atoms with Crippen LogP contribution in [0.1, 0.15) is 15.9 Å². The molecule has 0 saturated carbocycles. The maximum atomic E-state index is 12.3. The summed E-state index contributed by atoms with van der Waals surface area (Å²) in [5.41, 5.74) is 3.88. The quantitative estimate of drug-likeness (QED) is 0.247. The second kappa shape index (κ2) is 11.5. The number of nitrogens with one attached hydrogen (secondary N) is 2. The Balaban J connectivity index is 1.68. The molecule has 0 aromatic heterocycles. The Hall–Kier alpha value is -2.39. The van der Waals surface area contributed by atoms with E-state index in [1.807, 2.05) is 0 Å². The van der Waals surface area contributed by atoms with Crippen LogP contribution in [0.25, 0.3) is 0 Å². The SMILES string of the molecule is O=C(COc1c(Br)cc(Br)cc1/C=N/NC(=O)c1ccc(Cl)cc1)Nc1ccccc1Cl. The second-order valence-electron chi connectivity index (χ2n) is 6.33. The summed E-state index contributed by atoms with van der Waals surface area (Å²) in [6.45, 7) is -0.260. The fraction of sp³-hybridized carbons (Fsp3) is 0.0455. The average molecular weight is 600 g/mol. The third-order valence-electron chi connectivity index (χ3n) is 4.01. The molecule has 0 radical (unpaired) electrons. The first-order chi connectivity index (χ1) is 15.3. The molecule has 0 aliphatic heterocycles. The summed E-state index contributed by atoms with van der Waals surface area (Å²) in [4.78, 5) is 24.5. The van der Waals surface area contributed by atoms with E-state index in [1.165, 1.54) is 6.21 Å². The van der Waals surface area contributed by atoms with E-state index in [0.29, 0.717) is 37.1 Å². The predicted octanol–water partition coefficient (Wildman–Crippen LogP) is 6.30. The highest BCUT2D eigenvalue weighted by atomic mass is 79.9. The van der Waals surface area contributed by atoms with Gasteiger partial charge in [0, 0.05) is 20.6 Å². The van der Waals surface area contributed by atoms with Crippen molar-refractivity contribution in [3.05, 3.63) is 90.8 Å². The molecule has 10 heteroatoms. The van der Waals surface area contributed by atoms with E-state index in [1.54, 1.807) is 60.7 Å². The number of halogens is 4. The highest BCUT2D eigenvalue weighted by molar-refractivity contribution is 9.11. The van der Waals surface area contributed by atoms with Crippen molar-refractivity contribution in [3.8, 4) is 5.75 Å². The zero-order chi connectivity index (χ0) is 23.1. The van der Waals surface area contributed by atoms with E-state index < -0.39 is 5.91 Å². The summed E-state index contributed by atoms with van der Waals surface area (Å²) in [6, 6.07) is 16.8. The number of hydrogen-bond acceptors (Lipinski definition) is 4. The normalized spacial score (nSPS) is 10.8. The van der Waals surface area contributed by atoms with Gasteiger partial charge in [-0.3, -0.25) is 9.59 Å². The van der Waals surface area contributed by atoms with Crippen molar-refractivity contribution in [1.29, 1.82) is 0 Å². The lowest BCUT2D eigenvalue weighted by Crippen LogP contribution is -2.21. The van der Waals surface area contributed by atoms with Crippen molar-refractivity contribution < 1.29 is 14.3 Å². The topological polar surface area (TPSA) is 79.8 Å². The minimum absolute atomic E-state index is 0.260. The first-order valence-electron chi connectivity index (χ1n) is 9.08. The monoisotopic (exact) mass is 597 g/mol. The van der Waals surface area contributed by atoms with Gasteiger partial charge in [0.2, 0.25) is 0 Å². The molecule has 0 fully saturated rings. The van der Waals surface area contributed by atoms with Crippen LogP contribution in [0.2, 0.25) is 10.0 Å². The van der Waals surface area contributed by atoms with Gasteiger partial charge in [-0.2, -0.15) is 5.10 Å². The van der Waals surface area contributed by atoms with Gasteiger partial charge in [-0.05, 0) is 64.5 Å². The Bertz CT molecular complexity index is 1170. The summed E-state index contributed by atoms with van der Waals surface area (Å²) < 4.78 is 7.06. The van der Waals surface area contributed by atoms with Gasteiger partial charge in [-0.1, -0.05) is 51.3 Å². The van der Waals surface area contributed by atoms with E-state index in [4.69, 9.17) is 27.9 Å². The lowest BCUT2D eigenvalue weighted by Gasteiger charge is -2.12. The van der Waals surface area contributed by atoms with Crippen molar-refractivity contribution in [2.45, 2.75) is 0 Å². The predicted molar refractivity (Wildman–Crippen MR) is 134 cm³/mol. The van der Waals surface area contributed by atoms with Crippen LogP contribution in [0, 0.1) is 0 Å². The Kier molecular flexibility index (Phi) is 8.69. The summed E-state index contributed by atoms with van der Waals surface area (Å²) in [7, 11) is 0. The molecule has 0 unspecified atom stereocenters. The smallest absolute Gasteiger partial charge is 0.271 e. The van der Waals surface area contributed by atoms with Gasteiger partial charge in [0.05, 0.1) is 21.4 Å². The van der Waals surface area contributed by atoms with Crippen LogP contribution in [0.3, 0.4) is 0 Å². The number of benzene rings is 3. The molecule has 0 spiro atoms. The van der Waals surface area contributed by atoms with E-state index >= 15 is 0 Å². The molecule has 0 aliphatic rings. The van der Waals surface area contributed by atoms with E-state index in [2.05, 4.69) is 47.7 Å². The summed E-state index contributed by atoms with van der Waals surface area (Å²) in [5.74, 6) is -0.396. The lowest BCUT2D eigenvalue weighted by molar-refractivity contribution is -0.118. The minimum Gasteiger partial charge on any atom is -0.482 e. The van der Waals surface area contributed by atoms with Crippen molar-refractivity contribution in [2.24, 2.45) is 5.10 Å². The number of amides is 2. The van der Waals surface area contributed by atoms with Crippen LogP contribution in [0.5, 0.6) is 5.75 Å². The maximum Gasteiger partial charge on any atom is 0.271 e. The first kappa shape index (κ1) is 24.3. The lowest BCUT2D eigenvalue weighted by atomic mass is 10.2. The van der Waals surface area contributed by atoms with Crippen molar-refractivity contribution >= 4 is 78.8 Å². The fourth-order valence-corrected chi connectivity index (χ4v) is 4.22. The highest BCUT2D eigenvalue weighted by Gasteiger charge is 2.13. The molecule has 0 aliphatic carbocycles. The molecule has 32 heavy (non-hydrogen) atoms. The van der Waals surface area contributed by atoms with E-state index in [9.17, 15) is 9.59 Å². The Morgan fingerprint density at radius 3 is 2.47 bits per heavy atom. The molecule has 2 N–H and O–H groups in total. The van der Waals surface area contributed by atoms with Crippen LogP contribution in [-0.4, -0.2) is 24.6 Å². The maximum absolute atomic E-state index is 12.3. The molecular weight excluding hydrogens is 585 g/mol. The molecular formula is C22H15Br2Cl2N3O3. The molecule has 2 amide bonds. The number of nitrogens with zero attached hydrogens (tertiary/aromatic N) is 1. The van der Waals surface area contributed by atoms with Gasteiger partial charge in [-0.25, -0.2) is 5.43 Å². The average Bonchev–Trinajstić information content (AvgIpc) is 2.75.